The number of rotatable bonds is 5. The van der Waals surface area contributed by atoms with Gasteiger partial charge in [0.1, 0.15) is 16.5 Å². The SMILES string of the molecule is CC(C)[C@@H](C(=O)Nc1cc(Br)sc1C(=O)O)N(C)C(=O)OC(C)(C)C. The van der Waals surface area contributed by atoms with Crippen molar-refractivity contribution in [3.05, 3.63) is 14.7 Å². The molecular formula is C16H23BrN2O5S. The second kappa shape index (κ2) is 8.18. The lowest BCUT2D eigenvalue weighted by atomic mass is 10.0. The third-order valence-electron chi connectivity index (χ3n) is 3.15. The van der Waals surface area contributed by atoms with Crippen molar-refractivity contribution in [2.24, 2.45) is 5.92 Å². The molecule has 0 saturated heterocycles. The van der Waals surface area contributed by atoms with E-state index in [0.29, 0.717) is 3.79 Å². The Hall–Kier alpha value is -1.61. The molecule has 1 rings (SSSR count). The molecule has 2 amide bonds. The molecule has 25 heavy (non-hydrogen) atoms. The van der Waals surface area contributed by atoms with E-state index < -0.39 is 29.6 Å². The zero-order chi connectivity index (χ0) is 19.5. The van der Waals surface area contributed by atoms with Crippen molar-refractivity contribution in [1.82, 2.24) is 4.90 Å². The number of ether oxygens (including phenoxy) is 1. The predicted molar refractivity (Wildman–Crippen MR) is 100 cm³/mol. The number of hydrogen-bond donors (Lipinski definition) is 2. The molecule has 9 heteroatoms. The van der Waals surface area contributed by atoms with Gasteiger partial charge in [0.15, 0.2) is 0 Å². The Labute approximate surface area is 159 Å². The summed E-state index contributed by atoms with van der Waals surface area (Å²) in [4.78, 5) is 37.5. The van der Waals surface area contributed by atoms with Gasteiger partial charge in [0.05, 0.1) is 9.47 Å². The highest BCUT2D eigenvalue weighted by Crippen LogP contribution is 2.31. The number of halogens is 1. The third kappa shape index (κ3) is 6.00. The van der Waals surface area contributed by atoms with Gasteiger partial charge in [-0.15, -0.1) is 11.3 Å². The van der Waals surface area contributed by atoms with Crippen LogP contribution in [-0.2, 0) is 9.53 Å². The topological polar surface area (TPSA) is 95.9 Å². The lowest BCUT2D eigenvalue weighted by Gasteiger charge is -2.32. The molecule has 1 heterocycles. The molecule has 0 unspecified atom stereocenters. The van der Waals surface area contributed by atoms with Gasteiger partial charge in [-0.1, -0.05) is 13.8 Å². The Morgan fingerprint density at radius 1 is 1.32 bits per heavy atom. The fourth-order valence-corrected chi connectivity index (χ4v) is 3.59. The second-order valence-corrected chi connectivity index (χ2v) is 9.30. The zero-order valence-corrected chi connectivity index (χ0v) is 17.4. The van der Waals surface area contributed by atoms with Crippen LogP contribution >= 0.6 is 27.3 Å². The number of amides is 2. The summed E-state index contributed by atoms with van der Waals surface area (Å²) in [6.07, 6.45) is -0.619. The molecule has 1 atom stereocenters. The molecule has 0 fully saturated rings. The Morgan fingerprint density at radius 2 is 1.88 bits per heavy atom. The van der Waals surface area contributed by atoms with Crippen LogP contribution in [0.2, 0.25) is 0 Å². The van der Waals surface area contributed by atoms with Gasteiger partial charge in [-0.05, 0) is 48.7 Å². The summed E-state index contributed by atoms with van der Waals surface area (Å²) in [5, 5.41) is 11.8. The van der Waals surface area contributed by atoms with Gasteiger partial charge in [0.2, 0.25) is 5.91 Å². The molecule has 0 aliphatic heterocycles. The number of carboxylic acids is 1. The van der Waals surface area contributed by atoms with E-state index in [2.05, 4.69) is 21.2 Å². The summed E-state index contributed by atoms with van der Waals surface area (Å²) in [7, 11) is 1.49. The minimum absolute atomic E-state index is 0.0163. The van der Waals surface area contributed by atoms with E-state index in [1.165, 1.54) is 18.0 Å². The normalized spacial score (nSPS) is 12.6. The quantitative estimate of drug-likeness (QED) is 0.728. The van der Waals surface area contributed by atoms with E-state index >= 15 is 0 Å². The molecule has 1 aromatic heterocycles. The minimum atomic E-state index is -1.13. The van der Waals surface area contributed by atoms with Crippen LogP contribution in [0.3, 0.4) is 0 Å². The number of nitrogens with one attached hydrogen (secondary N) is 1. The maximum Gasteiger partial charge on any atom is 0.410 e. The lowest BCUT2D eigenvalue weighted by Crippen LogP contribution is -2.49. The largest absolute Gasteiger partial charge is 0.477 e. The number of aromatic carboxylic acids is 1. The molecule has 1 aromatic rings. The standard InChI is InChI=1S/C16H23BrN2O5S/c1-8(2)11(19(6)15(23)24-16(3,4)5)13(20)18-9-7-10(17)25-12(9)14(21)22/h7-8,11H,1-6H3,(H,18,20)(H,21,22)/t11-/m0/s1. The summed E-state index contributed by atoms with van der Waals surface area (Å²) < 4.78 is 5.89. The molecule has 0 aliphatic rings. The summed E-state index contributed by atoms with van der Waals surface area (Å²) in [5.41, 5.74) is -0.490. The summed E-state index contributed by atoms with van der Waals surface area (Å²) in [6, 6.07) is 0.715. The molecule has 2 N–H and O–H groups in total. The fraction of sp³-hybridized carbons (Fsp3) is 0.562. The number of carbonyl (C=O) groups is 3. The highest BCUT2D eigenvalue weighted by atomic mass is 79.9. The van der Waals surface area contributed by atoms with Gasteiger partial charge in [-0.25, -0.2) is 9.59 Å². The monoisotopic (exact) mass is 434 g/mol. The lowest BCUT2D eigenvalue weighted by molar-refractivity contribution is -0.122. The smallest absolute Gasteiger partial charge is 0.410 e. The average Bonchev–Trinajstić information content (AvgIpc) is 2.77. The molecule has 140 valence electrons. The van der Waals surface area contributed by atoms with E-state index in [0.717, 1.165) is 11.3 Å². The van der Waals surface area contributed by atoms with Crippen molar-refractivity contribution < 1.29 is 24.2 Å². The molecule has 0 aromatic carbocycles. The van der Waals surface area contributed by atoms with Crippen molar-refractivity contribution in [3.63, 3.8) is 0 Å². The van der Waals surface area contributed by atoms with Gasteiger partial charge >= 0.3 is 12.1 Å². The van der Waals surface area contributed by atoms with Crippen molar-refractivity contribution in [2.45, 2.75) is 46.3 Å². The van der Waals surface area contributed by atoms with Crippen LogP contribution < -0.4 is 5.32 Å². The minimum Gasteiger partial charge on any atom is -0.477 e. The van der Waals surface area contributed by atoms with Gasteiger partial charge in [-0.2, -0.15) is 0 Å². The van der Waals surface area contributed by atoms with Crippen LogP contribution in [-0.4, -0.2) is 46.7 Å². The highest BCUT2D eigenvalue weighted by Gasteiger charge is 2.33. The first-order valence-electron chi connectivity index (χ1n) is 7.62. The summed E-state index contributed by atoms with van der Waals surface area (Å²) in [5.74, 6) is -1.81. The van der Waals surface area contributed by atoms with Crippen molar-refractivity contribution in [1.29, 1.82) is 0 Å². The first kappa shape index (κ1) is 21.4. The second-order valence-electron chi connectivity index (χ2n) is 6.87. The van der Waals surface area contributed by atoms with Crippen LogP contribution in [0.25, 0.3) is 0 Å². The maximum absolute atomic E-state index is 12.7. The van der Waals surface area contributed by atoms with Gasteiger partial charge in [-0.3, -0.25) is 9.69 Å². The van der Waals surface area contributed by atoms with E-state index in [4.69, 9.17) is 4.74 Å². The fourth-order valence-electron chi connectivity index (χ4n) is 2.19. The van der Waals surface area contributed by atoms with Crippen LogP contribution in [0, 0.1) is 5.92 Å². The predicted octanol–water partition coefficient (Wildman–Crippen LogP) is 4.04. The van der Waals surface area contributed by atoms with Crippen molar-refractivity contribution in [3.8, 4) is 0 Å². The molecule has 0 spiro atoms. The van der Waals surface area contributed by atoms with Crippen molar-refractivity contribution in [2.75, 3.05) is 12.4 Å². The van der Waals surface area contributed by atoms with Crippen molar-refractivity contribution >= 4 is 50.9 Å². The zero-order valence-electron chi connectivity index (χ0n) is 15.0. The van der Waals surface area contributed by atoms with Crippen LogP contribution in [0.4, 0.5) is 10.5 Å². The van der Waals surface area contributed by atoms with Gasteiger partial charge < -0.3 is 15.2 Å². The number of carboxylic acid groups (broad SMARTS) is 1. The number of carbonyl (C=O) groups excluding carboxylic acids is 2. The Balaban J connectivity index is 3.01. The number of thiophene rings is 1. The average molecular weight is 435 g/mol. The van der Waals surface area contributed by atoms with Crippen LogP contribution in [0.5, 0.6) is 0 Å². The van der Waals surface area contributed by atoms with Crippen LogP contribution in [0.15, 0.2) is 9.85 Å². The van der Waals surface area contributed by atoms with Crippen LogP contribution in [0.1, 0.15) is 44.3 Å². The maximum atomic E-state index is 12.7. The van der Waals surface area contributed by atoms with E-state index in [1.807, 2.05) is 0 Å². The first-order chi connectivity index (χ1) is 11.3. The number of hydrogen-bond acceptors (Lipinski definition) is 5. The third-order valence-corrected chi connectivity index (χ3v) is 4.78. The number of nitrogens with zero attached hydrogens (tertiary/aromatic N) is 1. The van der Waals surface area contributed by atoms with Gasteiger partial charge in [0.25, 0.3) is 0 Å². The van der Waals surface area contributed by atoms with E-state index in [9.17, 15) is 19.5 Å². The Morgan fingerprint density at radius 3 is 2.32 bits per heavy atom. The number of anilines is 1. The Bertz CT molecular complexity index is 666. The molecule has 7 nitrogen and oxygen atoms in total. The molecule has 0 radical (unpaired) electrons. The summed E-state index contributed by atoms with van der Waals surface area (Å²) in [6.45, 7) is 8.82. The molecular weight excluding hydrogens is 412 g/mol. The highest BCUT2D eigenvalue weighted by molar-refractivity contribution is 9.11. The molecule has 0 bridgehead atoms. The number of likely N-dealkylation sites (N-methyl/N-ethyl adjacent to an activating group) is 1. The first-order valence-corrected chi connectivity index (χ1v) is 9.23. The van der Waals surface area contributed by atoms with Gasteiger partial charge in [0, 0.05) is 7.05 Å². The van der Waals surface area contributed by atoms with E-state index in [1.54, 1.807) is 34.6 Å². The molecule has 0 saturated carbocycles. The Kier molecular flexibility index (Phi) is 7.01. The van der Waals surface area contributed by atoms with E-state index in [-0.39, 0.29) is 16.5 Å². The summed E-state index contributed by atoms with van der Waals surface area (Å²) >= 11 is 4.22. The molecule has 0 aliphatic carbocycles.